The molecule has 0 bridgehead atoms. The lowest BCUT2D eigenvalue weighted by Gasteiger charge is -2.17. The first-order valence-corrected chi connectivity index (χ1v) is 7.28. The van der Waals surface area contributed by atoms with E-state index in [-0.39, 0.29) is 24.2 Å². The molecule has 4 N–H and O–H groups in total. The van der Waals surface area contributed by atoms with Crippen LogP contribution in [0.2, 0.25) is 0 Å². The number of fused-ring (bicyclic) bond motifs is 1. The van der Waals surface area contributed by atoms with Crippen LogP contribution in [0.3, 0.4) is 0 Å². The van der Waals surface area contributed by atoms with E-state index in [1.807, 2.05) is 0 Å². The van der Waals surface area contributed by atoms with Crippen molar-refractivity contribution in [2.45, 2.75) is 18.9 Å². The van der Waals surface area contributed by atoms with Crippen LogP contribution < -0.4 is 11.1 Å². The number of nitrogen functional groups attached to an aromatic ring is 1. The van der Waals surface area contributed by atoms with E-state index < -0.39 is 5.82 Å². The highest BCUT2D eigenvalue weighted by Crippen LogP contribution is 2.37. The van der Waals surface area contributed by atoms with Crippen molar-refractivity contribution in [1.82, 2.24) is 4.90 Å². The SMILES string of the molecule is Nc1cc(NC(=O)CN2CC3CCC(O)C3C2)ccc1F. The average molecular weight is 293 g/mol. The van der Waals surface area contributed by atoms with Gasteiger partial charge in [-0.1, -0.05) is 0 Å². The van der Waals surface area contributed by atoms with Gasteiger partial charge in [0.25, 0.3) is 0 Å². The van der Waals surface area contributed by atoms with Gasteiger partial charge in [0.1, 0.15) is 5.82 Å². The summed E-state index contributed by atoms with van der Waals surface area (Å²) in [5.41, 5.74) is 5.99. The lowest BCUT2D eigenvalue weighted by Crippen LogP contribution is -2.33. The maximum atomic E-state index is 13.1. The average Bonchev–Trinajstić information content (AvgIpc) is 2.96. The summed E-state index contributed by atoms with van der Waals surface area (Å²) < 4.78 is 13.1. The van der Waals surface area contributed by atoms with Gasteiger partial charge < -0.3 is 16.2 Å². The number of nitrogens with one attached hydrogen (secondary N) is 1. The van der Waals surface area contributed by atoms with Crippen LogP contribution in [0.25, 0.3) is 0 Å². The Kier molecular flexibility index (Phi) is 3.82. The smallest absolute Gasteiger partial charge is 0.238 e. The zero-order valence-electron chi connectivity index (χ0n) is 11.8. The summed E-state index contributed by atoms with van der Waals surface area (Å²) in [6.45, 7) is 1.92. The normalized spacial score (nSPS) is 28.6. The molecular formula is C15H20FN3O2. The number of carbonyl (C=O) groups is 1. The molecular weight excluding hydrogens is 273 g/mol. The third-order valence-electron chi connectivity index (χ3n) is 4.54. The molecule has 1 heterocycles. The van der Waals surface area contributed by atoms with Crippen molar-refractivity contribution in [1.29, 1.82) is 0 Å². The Morgan fingerprint density at radius 2 is 2.24 bits per heavy atom. The summed E-state index contributed by atoms with van der Waals surface area (Å²) in [4.78, 5) is 14.1. The van der Waals surface area contributed by atoms with Gasteiger partial charge in [0.2, 0.25) is 5.91 Å². The van der Waals surface area contributed by atoms with E-state index in [0.29, 0.717) is 17.5 Å². The molecule has 1 aromatic carbocycles. The minimum atomic E-state index is -0.491. The van der Waals surface area contributed by atoms with Gasteiger partial charge in [0, 0.05) is 24.7 Å². The maximum absolute atomic E-state index is 13.1. The summed E-state index contributed by atoms with van der Waals surface area (Å²) >= 11 is 0. The number of likely N-dealkylation sites (tertiary alicyclic amines) is 1. The van der Waals surface area contributed by atoms with Crippen LogP contribution in [0.4, 0.5) is 15.8 Å². The molecule has 21 heavy (non-hydrogen) atoms. The summed E-state index contributed by atoms with van der Waals surface area (Å²) in [5.74, 6) is 0.179. The van der Waals surface area contributed by atoms with Gasteiger partial charge in [-0.2, -0.15) is 0 Å². The second-order valence-corrected chi connectivity index (χ2v) is 6.05. The monoisotopic (exact) mass is 293 g/mol. The maximum Gasteiger partial charge on any atom is 0.238 e. The number of aliphatic hydroxyl groups is 1. The molecule has 0 spiro atoms. The standard InChI is InChI=1S/C15H20FN3O2/c16-12-3-2-10(5-13(12)17)18-15(21)8-19-6-9-1-4-14(20)11(9)7-19/h2-3,5,9,11,14,20H,1,4,6-8,17H2,(H,18,21). The summed E-state index contributed by atoms with van der Waals surface area (Å²) in [5, 5.41) is 12.6. The molecule has 2 aliphatic rings. The first-order chi connectivity index (χ1) is 10.0. The number of benzene rings is 1. The number of nitrogens with zero attached hydrogens (tertiary/aromatic N) is 1. The van der Waals surface area contributed by atoms with E-state index in [2.05, 4.69) is 10.2 Å². The van der Waals surface area contributed by atoms with Crippen molar-refractivity contribution in [3.05, 3.63) is 24.0 Å². The van der Waals surface area contributed by atoms with E-state index >= 15 is 0 Å². The van der Waals surface area contributed by atoms with Gasteiger partial charge in [-0.3, -0.25) is 9.69 Å². The number of aliphatic hydroxyl groups excluding tert-OH is 1. The van der Waals surface area contributed by atoms with E-state index in [1.54, 1.807) is 0 Å². The molecule has 3 unspecified atom stereocenters. The molecule has 1 aliphatic carbocycles. The number of halogens is 1. The van der Waals surface area contributed by atoms with Crippen molar-refractivity contribution in [2.75, 3.05) is 30.7 Å². The Hall–Kier alpha value is -1.66. The largest absolute Gasteiger partial charge is 0.396 e. The molecule has 2 fully saturated rings. The predicted octanol–water partition coefficient (Wildman–Crippen LogP) is 1.05. The molecule has 6 heteroatoms. The molecule has 114 valence electrons. The molecule has 1 aliphatic heterocycles. The Balaban J connectivity index is 1.54. The Bertz CT molecular complexity index is 552. The second-order valence-electron chi connectivity index (χ2n) is 6.05. The van der Waals surface area contributed by atoms with Crippen molar-refractivity contribution in [2.24, 2.45) is 11.8 Å². The highest BCUT2D eigenvalue weighted by molar-refractivity contribution is 5.92. The number of amides is 1. The molecule has 1 amide bonds. The highest BCUT2D eigenvalue weighted by Gasteiger charge is 2.41. The molecule has 1 saturated carbocycles. The Morgan fingerprint density at radius 3 is 2.95 bits per heavy atom. The van der Waals surface area contributed by atoms with Crippen LogP contribution >= 0.6 is 0 Å². The lowest BCUT2D eigenvalue weighted by atomic mass is 10.00. The fourth-order valence-corrected chi connectivity index (χ4v) is 3.48. The van der Waals surface area contributed by atoms with Crippen LogP contribution in [-0.4, -0.2) is 41.7 Å². The first kappa shape index (κ1) is 14.3. The van der Waals surface area contributed by atoms with Crippen molar-refractivity contribution in [3.8, 4) is 0 Å². The van der Waals surface area contributed by atoms with Crippen LogP contribution in [-0.2, 0) is 4.79 Å². The second kappa shape index (κ2) is 5.61. The lowest BCUT2D eigenvalue weighted by molar-refractivity contribution is -0.117. The Morgan fingerprint density at radius 1 is 1.43 bits per heavy atom. The fourth-order valence-electron chi connectivity index (χ4n) is 3.48. The number of rotatable bonds is 3. The van der Waals surface area contributed by atoms with Gasteiger partial charge in [-0.05, 0) is 37.0 Å². The molecule has 5 nitrogen and oxygen atoms in total. The summed E-state index contributed by atoms with van der Waals surface area (Å²) in [6.07, 6.45) is 1.70. The van der Waals surface area contributed by atoms with E-state index in [0.717, 1.165) is 25.9 Å². The van der Waals surface area contributed by atoms with Crippen molar-refractivity contribution >= 4 is 17.3 Å². The first-order valence-electron chi connectivity index (χ1n) is 7.28. The van der Waals surface area contributed by atoms with Crippen molar-refractivity contribution in [3.63, 3.8) is 0 Å². The Labute approximate surface area is 122 Å². The van der Waals surface area contributed by atoms with Crippen LogP contribution in [0.5, 0.6) is 0 Å². The zero-order valence-corrected chi connectivity index (χ0v) is 11.8. The predicted molar refractivity (Wildman–Crippen MR) is 78.1 cm³/mol. The number of carbonyl (C=O) groups excluding carboxylic acids is 1. The van der Waals surface area contributed by atoms with E-state index in [1.165, 1.54) is 18.2 Å². The van der Waals surface area contributed by atoms with Gasteiger partial charge >= 0.3 is 0 Å². The molecule has 1 aromatic rings. The topological polar surface area (TPSA) is 78.6 Å². The third kappa shape index (κ3) is 3.01. The molecule has 3 atom stereocenters. The van der Waals surface area contributed by atoms with Crippen LogP contribution in [0.15, 0.2) is 18.2 Å². The molecule has 3 rings (SSSR count). The van der Waals surface area contributed by atoms with E-state index in [4.69, 9.17) is 5.73 Å². The van der Waals surface area contributed by atoms with E-state index in [9.17, 15) is 14.3 Å². The number of hydrogen-bond acceptors (Lipinski definition) is 4. The molecule has 1 saturated heterocycles. The molecule has 0 aromatic heterocycles. The quantitative estimate of drug-likeness (QED) is 0.728. The number of nitrogens with two attached hydrogens (primary N) is 1. The van der Waals surface area contributed by atoms with Gasteiger partial charge in [-0.15, -0.1) is 0 Å². The van der Waals surface area contributed by atoms with Crippen LogP contribution in [0.1, 0.15) is 12.8 Å². The minimum Gasteiger partial charge on any atom is -0.396 e. The van der Waals surface area contributed by atoms with Crippen LogP contribution in [0, 0.1) is 17.7 Å². The zero-order chi connectivity index (χ0) is 15.0. The number of anilines is 2. The van der Waals surface area contributed by atoms with Crippen molar-refractivity contribution < 1.29 is 14.3 Å². The van der Waals surface area contributed by atoms with Gasteiger partial charge in [0.15, 0.2) is 0 Å². The highest BCUT2D eigenvalue weighted by atomic mass is 19.1. The third-order valence-corrected chi connectivity index (χ3v) is 4.54. The van der Waals surface area contributed by atoms with Gasteiger partial charge in [-0.25, -0.2) is 4.39 Å². The summed E-state index contributed by atoms with van der Waals surface area (Å²) in [7, 11) is 0. The summed E-state index contributed by atoms with van der Waals surface area (Å²) in [6, 6.07) is 4.14. The fraction of sp³-hybridized carbons (Fsp3) is 0.533. The molecule has 0 radical (unpaired) electrons. The minimum absolute atomic E-state index is 0.0200. The number of hydrogen-bond donors (Lipinski definition) is 3. The van der Waals surface area contributed by atoms with Gasteiger partial charge in [0.05, 0.1) is 18.3 Å².